The second-order valence-electron chi connectivity index (χ2n) is 4.65. The van der Waals surface area contributed by atoms with E-state index in [9.17, 15) is 0 Å². The lowest BCUT2D eigenvalue weighted by atomic mass is 9.94. The minimum atomic E-state index is 0.542. The van der Waals surface area contributed by atoms with Crippen LogP contribution in [0.2, 0.25) is 0 Å². The molecule has 148 valence electrons. The summed E-state index contributed by atoms with van der Waals surface area (Å²) < 4.78 is 0. The second kappa shape index (κ2) is 84.0. The zero-order valence-electron chi connectivity index (χ0n) is 20.8. The van der Waals surface area contributed by atoms with Crippen LogP contribution >= 0.6 is 0 Å². The lowest BCUT2D eigenvalue weighted by molar-refractivity contribution is 0.398. The average Bonchev–Trinajstić information content (AvgIpc) is 2.57. The average molecular weight is 325 g/mol. The summed E-state index contributed by atoms with van der Waals surface area (Å²) in [5, 5.41) is 0. The van der Waals surface area contributed by atoms with Crippen molar-refractivity contribution in [3.63, 3.8) is 0 Å². The van der Waals surface area contributed by atoms with Crippen LogP contribution < -0.4 is 0 Å². The third-order valence-corrected chi connectivity index (χ3v) is 1.06. The first kappa shape index (κ1) is 49.5. The Hall–Kier alpha value is 0. The summed E-state index contributed by atoms with van der Waals surface area (Å²) in [6.07, 6.45) is 1.27. The summed E-state index contributed by atoms with van der Waals surface area (Å²) in [7, 11) is 0. The van der Waals surface area contributed by atoms with Crippen molar-refractivity contribution in [3.8, 4) is 0 Å². The lowest BCUT2D eigenvalue weighted by Gasteiger charge is -2.12. The number of hydrogen-bond acceptors (Lipinski definition) is 0. The Morgan fingerprint density at radius 1 is 0.500 bits per heavy atom. The second-order valence-corrected chi connectivity index (χ2v) is 4.65. The monoisotopic (exact) mass is 324 g/mol. The van der Waals surface area contributed by atoms with Crippen LogP contribution in [-0.4, -0.2) is 0 Å². The Kier molecular flexibility index (Phi) is 189. The van der Waals surface area contributed by atoms with Crippen molar-refractivity contribution in [1.29, 1.82) is 0 Å². The van der Waals surface area contributed by atoms with E-state index in [0.29, 0.717) is 5.41 Å². The Labute approximate surface area is 149 Å². The Morgan fingerprint density at radius 2 is 0.545 bits per heavy atom. The van der Waals surface area contributed by atoms with Gasteiger partial charge in [-0.1, -0.05) is 138 Å². The standard InChI is InChI=1S/C6H14.C4H10.6C2H6/c1-5-6(2,3)4;1-4(2)3;6*1-2/h5H2,1-4H3;4H,1-3H3;6*1-2H3. The number of rotatable bonds is 0. The molecule has 0 amide bonds. The SMILES string of the molecule is CC.CC.CC.CC.CC.CC.CC(C)C.CCC(C)(C)C. The molecular formula is C22H60. The predicted molar refractivity (Wildman–Crippen MR) is 118 cm³/mol. The number of hydrogen-bond donors (Lipinski definition) is 0. The van der Waals surface area contributed by atoms with Crippen LogP contribution in [0.5, 0.6) is 0 Å². The third-order valence-electron chi connectivity index (χ3n) is 1.06. The Morgan fingerprint density at radius 3 is 0.545 bits per heavy atom. The van der Waals surface area contributed by atoms with Crippen LogP contribution in [0, 0.1) is 11.3 Å². The third kappa shape index (κ3) is 802. The molecular weight excluding hydrogens is 264 g/mol. The summed E-state index contributed by atoms with van der Waals surface area (Å²) in [5.41, 5.74) is 0.542. The van der Waals surface area contributed by atoms with Crippen molar-refractivity contribution < 1.29 is 0 Å². The van der Waals surface area contributed by atoms with Gasteiger partial charge < -0.3 is 0 Å². The molecule has 0 radical (unpaired) electrons. The fraction of sp³-hybridized carbons (Fsp3) is 1.00. The van der Waals surface area contributed by atoms with Crippen molar-refractivity contribution in [2.75, 3.05) is 0 Å². The fourth-order valence-corrected chi connectivity index (χ4v) is 0. The molecule has 0 unspecified atom stereocenters. The summed E-state index contributed by atoms with van der Waals surface area (Å²) >= 11 is 0. The maximum absolute atomic E-state index is 2.24. The van der Waals surface area contributed by atoms with Gasteiger partial charge in [0.15, 0.2) is 0 Å². The van der Waals surface area contributed by atoms with Gasteiger partial charge in [-0.05, 0) is 11.3 Å². The summed E-state index contributed by atoms with van der Waals surface area (Å²) in [5.74, 6) is 0.833. The van der Waals surface area contributed by atoms with Crippen molar-refractivity contribution >= 4 is 0 Å². The molecule has 0 saturated carbocycles. The first-order chi connectivity index (χ1) is 10.3. The highest BCUT2D eigenvalue weighted by Gasteiger charge is 2.03. The van der Waals surface area contributed by atoms with Crippen LogP contribution in [0.15, 0.2) is 0 Å². The van der Waals surface area contributed by atoms with Gasteiger partial charge in [0.1, 0.15) is 0 Å². The van der Waals surface area contributed by atoms with E-state index in [1.54, 1.807) is 0 Å². The molecule has 0 nitrogen and oxygen atoms in total. The van der Waals surface area contributed by atoms with E-state index in [0.717, 1.165) is 5.92 Å². The normalized spacial score (nSPS) is 6.55. The zero-order chi connectivity index (χ0) is 20.8. The van der Waals surface area contributed by atoms with Gasteiger partial charge in [0.25, 0.3) is 0 Å². The van der Waals surface area contributed by atoms with Crippen molar-refractivity contribution in [1.82, 2.24) is 0 Å². The molecule has 0 saturated heterocycles. The van der Waals surface area contributed by atoms with E-state index in [4.69, 9.17) is 0 Å². The van der Waals surface area contributed by atoms with Gasteiger partial charge >= 0.3 is 0 Å². The molecule has 0 aromatic heterocycles. The fourth-order valence-electron chi connectivity index (χ4n) is 0. The van der Waals surface area contributed by atoms with Gasteiger partial charge in [0.05, 0.1) is 0 Å². The first-order valence-corrected chi connectivity index (χ1v) is 10.3. The molecule has 0 aromatic carbocycles. The smallest absolute Gasteiger partial charge is 0.0385 e. The largest absolute Gasteiger partial charge is 0.0683 e. The van der Waals surface area contributed by atoms with Crippen LogP contribution in [0.3, 0.4) is 0 Å². The molecule has 0 aliphatic rings. The summed E-state index contributed by atoms with van der Waals surface area (Å²) in [6, 6.07) is 0. The molecule has 0 spiro atoms. The lowest BCUT2D eigenvalue weighted by Crippen LogP contribution is -2.00. The highest BCUT2D eigenvalue weighted by atomic mass is 14.1. The van der Waals surface area contributed by atoms with Crippen LogP contribution in [0.4, 0.5) is 0 Å². The van der Waals surface area contributed by atoms with E-state index < -0.39 is 0 Å². The van der Waals surface area contributed by atoms with Gasteiger partial charge in [-0.2, -0.15) is 0 Å². The maximum Gasteiger partial charge on any atom is -0.0385 e. The van der Waals surface area contributed by atoms with Gasteiger partial charge in [-0.25, -0.2) is 0 Å². The van der Waals surface area contributed by atoms with E-state index in [-0.39, 0.29) is 0 Å². The van der Waals surface area contributed by atoms with E-state index in [1.807, 2.05) is 83.1 Å². The molecule has 0 bridgehead atoms. The highest BCUT2D eigenvalue weighted by Crippen LogP contribution is 2.16. The van der Waals surface area contributed by atoms with E-state index in [2.05, 4.69) is 48.5 Å². The minimum Gasteiger partial charge on any atom is -0.0683 e. The van der Waals surface area contributed by atoms with Gasteiger partial charge in [-0.3, -0.25) is 0 Å². The predicted octanol–water partition coefficient (Wildman–Crippen LogP) is 10.3. The van der Waals surface area contributed by atoms with Gasteiger partial charge in [-0.15, -0.1) is 0 Å². The molecule has 0 N–H and O–H groups in total. The van der Waals surface area contributed by atoms with Crippen LogP contribution in [0.1, 0.15) is 138 Å². The molecule has 0 heteroatoms. The zero-order valence-corrected chi connectivity index (χ0v) is 20.8. The first-order valence-electron chi connectivity index (χ1n) is 10.3. The molecule has 0 atom stereocenters. The van der Waals surface area contributed by atoms with E-state index in [1.165, 1.54) is 6.42 Å². The quantitative estimate of drug-likeness (QED) is 0.415. The van der Waals surface area contributed by atoms with Gasteiger partial charge in [0, 0.05) is 0 Å². The highest BCUT2D eigenvalue weighted by molar-refractivity contribution is 4.55. The van der Waals surface area contributed by atoms with Gasteiger partial charge in [0.2, 0.25) is 0 Å². The maximum atomic E-state index is 2.24. The van der Waals surface area contributed by atoms with Crippen LogP contribution in [-0.2, 0) is 0 Å². The molecule has 0 aliphatic heterocycles. The van der Waals surface area contributed by atoms with Crippen molar-refractivity contribution in [3.05, 3.63) is 0 Å². The van der Waals surface area contributed by atoms with Crippen molar-refractivity contribution in [2.24, 2.45) is 11.3 Å². The molecule has 0 heterocycles. The molecule has 0 aromatic rings. The summed E-state index contributed by atoms with van der Waals surface area (Å²) in [4.78, 5) is 0. The molecule has 0 aliphatic carbocycles. The Bertz CT molecular complexity index is 52.2. The Balaban J connectivity index is -0.0000000182. The molecule has 22 heavy (non-hydrogen) atoms. The van der Waals surface area contributed by atoms with Crippen molar-refractivity contribution in [2.45, 2.75) is 138 Å². The van der Waals surface area contributed by atoms with E-state index >= 15 is 0 Å². The summed E-state index contributed by atoms with van der Waals surface area (Å²) in [6.45, 7) is 39.4. The molecule has 0 fully saturated rings. The molecule has 0 rings (SSSR count). The minimum absolute atomic E-state index is 0.542. The van der Waals surface area contributed by atoms with Crippen LogP contribution in [0.25, 0.3) is 0 Å². The topological polar surface area (TPSA) is 0 Å².